The molecule has 0 saturated heterocycles. The highest BCUT2D eigenvalue weighted by molar-refractivity contribution is 7.89. The highest BCUT2D eigenvalue weighted by atomic mass is 32.2. The van der Waals surface area contributed by atoms with Gasteiger partial charge < -0.3 is 15.3 Å². The van der Waals surface area contributed by atoms with Crippen LogP contribution in [0.3, 0.4) is 0 Å². The van der Waals surface area contributed by atoms with Crippen molar-refractivity contribution >= 4 is 39.4 Å². The summed E-state index contributed by atoms with van der Waals surface area (Å²) in [5.41, 5.74) is -0.440. The lowest BCUT2D eigenvalue weighted by Crippen LogP contribution is -2.51. The molecule has 0 spiro atoms. The molecule has 0 aliphatic heterocycles. The number of carboxylic acid groups (broad SMARTS) is 1. The molecular formula is C31H45N3O8S. The van der Waals surface area contributed by atoms with Gasteiger partial charge in [-0.05, 0) is 42.1 Å². The Hall–Kier alpha value is -3.12. The Bertz CT molecular complexity index is 1330. The fourth-order valence-electron chi connectivity index (χ4n) is 6.53. The first-order valence-electron chi connectivity index (χ1n) is 14.8. The van der Waals surface area contributed by atoms with Crippen molar-refractivity contribution in [3.63, 3.8) is 0 Å². The summed E-state index contributed by atoms with van der Waals surface area (Å²) in [4.78, 5) is 65.1. The Morgan fingerprint density at radius 1 is 1.09 bits per heavy atom. The summed E-state index contributed by atoms with van der Waals surface area (Å²) in [5, 5.41) is 11.9. The molecule has 238 valence electrons. The standard InChI is InChI=1S/C31H45N3O8S/c1-20(2)23(16-27(37)34(5)14-12-21-9-7-6-8-10-21)29(40)33-24(17-28(38)39)25(35)18-32-43(41,42)19-31-13-11-22(15-26(31)36)30(31,3)4/h6-10,20,22-24,32H,11-19H2,1-5H3,(H,33,40)(H,38,39). The van der Waals surface area contributed by atoms with E-state index in [0.717, 1.165) is 12.0 Å². The van der Waals surface area contributed by atoms with E-state index in [0.29, 0.717) is 25.8 Å². The summed E-state index contributed by atoms with van der Waals surface area (Å²) in [6.45, 7) is 7.03. The number of benzene rings is 1. The molecule has 3 N–H and O–H groups in total. The normalized spacial score (nSPS) is 22.3. The van der Waals surface area contributed by atoms with Gasteiger partial charge in [0.05, 0.1) is 24.8 Å². The summed E-state index contributed by atoms with van der Waals surface area (Å²) in [7, 11) is -2.43. The third-order valence-electron chi connectivity index (χ3n) is 9.67. The minimum absolute atomic E-state index is 0.0820. The van der Waals surface area contributed by atoms with Gasteiger partial charge in [-0.1, -0.05) is 58.0 Å². The second-order valence-corrected chi connectivity index (χ2v) is 14.8. The minimum Gasteiger partial charge on any atom is -0.481 e. The monoisotopic (exact) mass is 619 g/mol. The number of amides is 2. The van der Waals surface area contributed by atoms with Gasteiger partial charge in [-0.25, -0.2) is 13.1 Å². The number of hydrogen-bond donors (Lipinski definition) is 3. The minimum atomic E-state index is -4.08. The predicted molar refractivity (Wildman–Crippen MR) is 160 cm³/mol. The van der Waals surface area contributed by atoms with Crippen molar-refractivity contribution in [2.75, 3.05) is 25.9 Å². The van der Waals surface area contributed by atoms with E-state index < -0.39 is 69.2 Å². The lowest BCUT2D eigenvalue weighted by atomic mass is 9.70. The van der Waals surface area contributed by atoms with E-state index in [1.807, 2.05) is 44.2 Å². The summed E-state index contributed by atoms with van der Waals surface area (Å²) >= 11 is 0. The molecule has 4 atom stereocenters. The number of carbonyl (C=O) groups is 5. The van der Waals surface area contributed by atoms with Gasteiger partial charge in [0.25, 0.3) is 0 Å². The number of nitrogens with zero attached hydrogens (tertiary/aromatic N) is 1. The summed E-state index contributed by atoms with van der Waals surface area (Å²) < 4.78 is 28.3. The van der Waals surface area contributed by atoms with Gasteiger partial charge >= 0.3 is 5.97 Å². The highest BCUT2D eigenvalue weighted by Crippen LogP contribution is 2.64. The first-order chi connectivity index (χ1) is 20.0. The van der Waals surface area contributed by atoms with Gasteiger partial charge in [-0.2, -0.15) is 0 Å². The molecule has 2 bridgehead atoms. The number of ketones is 2. The second kappa shape index (κ2) is 13.7. The Morgan fingerprint density at radius 2 is 1.74 bits per heavy atom. The van der Waals surface area contributed by atoms with E-state index in [-0.39, 0.29) is 29.9 Å². The Labute approximate surface area is 254 Å². The van der Waals surface area contributed by atoms with Crippen LogP contribution < -0.4 is 10.0 Å². The van der Waals surface area contributed by atoms with Gasteiger partial charge in [0, 0.05) is 37.8 Å². The molecule has 0 aromatic heterocycles. The third-order valence-corrected chi connectivity index (χ3v) is 11.1. The van der Waals surface area contributed by atoms with Crippen molar-refractivity contribution in [1.82, 2.24) is 14.9 Å². The molecule has 43 heavy (non-hydrogen) atoms. The summed E-state index contributed by atoms with van der Waals surface area (Å²) in [6, 6.07) is 8.15. The van der Waals surface area contributed by atoms with Crippen molar-refractivity contribution in [3.8, 4) is 0 Å². The molecular weight excluding hydrogens is 574 g/mol. The van der Waals surface area contributed by atoms with E-state index in [1.54, 1.807) is 20.9 Å². The smallest absolute Gasteiger partial charge is 0.305 e. The third kappa shape index (κ3) is 8.08. The molecule has 1 aromatic carbocycles. The van der Waals surface area contributed by atoms with Crippen LogP contribution in [0.15, 0.2) is 30.3 Å². The van der Waals surface area contributed by atoms with Crippen molar-refractivity contribution in [2.24, 2.45) is 28.6 Å². The van der Waals surface area contributed by atoms with Crippen molar-refractivity contribution in [1.29, 1.82) is 0 Å². The maximum Gasteiger partial charge on any atom is 0.305 e. The molecule has 4 unspecified atom stereocenters. The van der Waals surface area contributed by atoms with Gasteiger partial charge in [0.15, 0.2) is 5.78 Å². The van der Waals surface area contributed by atoms with Gasteiger partial charge in [-0.15, -0.1) is 0 Å². The molecule has 0 heterocycles. The van der Waals surface area contributed by atoms with Gasteiger partial charge in [0.1, 0.15) is 5.78 Å². The van der Waals surface area contributed by atoms with Crippen LogP contribution in [-0.4, -0.2) is 79.7 Å². The number of sulfonamides is 1. The van der Waals surface area contributed by atoms with E-state index in [9.17, 15) is 37.5 Å². The number of rotatable bonds is 16. The zero-order valence-electron chi connectivity index (χ0n) is 25.7. The Morgan fingerprint density at radius 3 is 2.28 bits per heavy atom. The first kappa shape index (κ1) is 34.4. The number of carbonyl (C=O) groups excluding carboxylic acids is 4. The molecule has 2 aliphatic carbocycles. The maximum atomic E-state index is 13.2. The Balaban J connectivity index is 1.61. The molecule has 3 rings (SSSR count). The number of carboxylic acids is 1. The number of Topliss-reactive ketones (excluding diaryl/α,β-unsaturated/α-hetero) is 2. The van der Waals surface area contributed by atoms with Crippen molar-refractivity contribution in [3.05, 3.63) is 35.9 Å². The van der Waals surface area contributed by atoms with Crippen LogP contribution in [0.2, 0.25) is 0 Å². The Kier molecular flexibility index (Phi) is 10.9. The van der Waals surface area contributed by atoms with E-state index in [2.05, 4.69) is 10.0 Å². The van der Waals surface area contributed by atoms with Crippen LogP contribution >= 0.6 is 0 Å². The molecule has 11 nitrogen and oxygen atoms in total. The first-order valence-corrected chi connectivity index (χ1v) is 16.5. The van der Waals surface area contributed by atoms with E-state index in [1.165, 1.54) is 4.90 Å². The number of fused-ring (bicyclic) bond motifs is 2. The molecule has 12 heteroatoms. The van der Waals surface area contributed by atoms with Crippen LogP contribution in [-0.2, 0) is 40.4 Å². The SMILES string of the molecule is CC(C)C(CC(=O)N(C)CCc1ccccc1)C(=O)NC(CC(=O)O)C(=O)CNS(=O)(=O)CC12CCC(CC1=O)C2(C)C. The summed E-state index contributed by atoms with van der Waals surface area (Å²) in [5.74, 6) is -4.64. The number of likely N-dealkylation sites (N-methyl/N-ethyl adjacent to an activating group) is 1. The number of aliphatic carboxylic acids is 1. The average Bonchev–Trinajstić information content (AvgIpc) is 3.27. The van der Waals surface area contributed by atoms with E-state index >= 15 is 0 Å². The maximum absolute atomic E-state index is 13.2. The summed E-state index contributed by atoms with van der Waals surface area (Å²) in [6.07, 6.45) is 1.33. The fourth-order valence-corrected chi connectivity index (χ4v) is 8.32. The molecule has 2 saturated carbocycles. The van der Waals surface area contributed by atoms with Crippen LogP contribution in [0, 0.1) is 28.6 Å². The van der Waals surface area contributed by atoms with Crippen molar-refractivity contribution in [2.45, 2.75) is 72.3 Å². The zero-order chi connectivity index (χ0) is 32.2. The second-order valence-electron chi connectivity index (χ2n) is 13.0. The highest BCUT2D eigenvalue weighted by Gasteiger charge is 2.65. The molecule has 2 aliphatic rings. The van der Waals surface area contributed by atoms with Crippen LogP contribution in [0.4, 0.5) is 0 Å². The van der Waals surface area contributed by atoms with Gasteiger partial charge in [-0.3, -0.25) is 24.0 Å². The van der Waals surface area contributed by atoms with Crippen molar-refractivity contribution < 1.29 is 37.5 Å². The molecule has 1 aromatic rings. The fraction of sp³-hybridized carbons (Fsp3) is 0.645. The molecule has 0 radical (unpaired) electrons. The number of hydrogen-bond acceptors (Lipinski definition) is 7. The molecule has 2 fully saturated rings. The quantitative estimate of drug-likeness (QED) is 0.253. The lowest BCUT2D eigenvalue weighted by molar-refractivity contribution is -0.141. The number of nitrogens with one attached hydrogen (secondary N) is 2. The van der Waals surface area contributed by atoms with Crippen LogP contribution in [0.25, 0.3) is 0 Å². The predicted octanol–water partition coefficient (Wildman–Crippen LogP) is 2.19. The van der Waals surface area contributed by atoms with Crippen LogP contribution in [0.5, 0.6) is 0 Å². The lowest BCUT2D eigenvalue weighted by Gasteiger charge is -2.36. The zero-order valence-corrected chi connectivity index (χ0v) is 26.5. The van der Waals surface area contributed by atoms with Crippen LogP contribution in [0.1, 0.15) is 65.4 Å². The molecule has 2 amide bonds. The average molecular weight is 620 g/mol. The topological polar surface area (TPSA) is 167 Å². The van der Waals surface area contributed by atoms with Gasteiger partial charge in [0.2, 0.25) is 21.8 Å². The van der Waals surface area contributed by atoms with E-state index in [4.69, 9.17) is 0 Å². The largest absolute Gasteiger partial charge is 0.481 e.